The monoisotopic (exact) mass is 1080 g/mol. The lowest BCUT2D eigenvalue weighted by molar-refractivity contribution is 0.663. The topological polar surface area (TPSA) is 56.5 Å². The molecule has 398 valence electrons. The van der Waals surface area contributed by atoms with Gasteiger partial charge in [-0.25, -0.2) is 19.9 Å². The fourth-order valence-corrected chi connectivity index (χ4v) is 14.0. The van der Waals surface area contributed by atoms with Crippen molar-refractivity contribution in [1.82, 2.24) is 24.5 Å². The molecule has 0 aliphatic heterocycles. The predicted molar refractivity (Wildman–Crippen MR) is 352 cm³/mol. The SMILES string of the molecule is Cn1c(-c2ccc(-c3ccc4c5c(cccc35)-c3c(-c5ccccc5)ccc(-c5cccc(-c6cccc(-c7nc(-c8ccccc8)nc(-c8cc9c%10c(ccc%11cc(-c%12ccccc%12)cc(c%11%10)C9(C)C)c8)n7)c6)c5)c3-4)cc2)nc2ccccc21. The summed E-state index contributed by atoms with van der Waals surface area (Å²) in [7, 11) is 2.10. The van der Waals surface area contributed by atoms with Gasteiger partial charge in [0.2, 0.25) is 0 Å². The number of rotatable bonds is 9. The summed E-state index contributed by atoms with van der Waals surface area (Å²) in [5.41, 5.74) is 25.3. The van der Waals surface area contributed by atoms with Gasteiger partial charge in [-0.1, -0.05) is 232 Å². The number of aryl methyl sites for hydroxylation is 1. The van der Waals surface area contributed by atoms with E-state index in [1.807, 2.05) is 24.3 Å². The molecule has 0 fully saturated rings. The molecule has 0 radical (unpaired) electrons. The lowest BCUT2D eigenvalue weighted by atomic mass is 9.80. The van der Waals surface area contributed by atoms with Gasteiger partial charge in [0.05, 0.1) is 11.0 Å². The molecular weight excluding hydrogens is 1030 g/mol. The van der Waals surface area contributed by atoms with E-state index in [0.29, 0.717) is 17.5 Å². The van der Waals surface area contributed by atoms with Crippen molar-refractivity contribution in [2.24, 2.45) is 7.05 Å². The number of benzene rings is 13. The summed E-state index contributed by atoms with van der Waals surface area (Å²) < 4.78 is 2.18. The summed E-state index contributed by atoms with van der Waals surface area (Å²) in [4.78, 5) is 20.9. The van der Waals surface area contributed by atoms with Gasteiger partial charge in [0.25, 0.3) is 0 Å². The Hall–Kier alpha value is -10.9. The Labute approximate surface area is 492 Å². The standard InChI is InChI=1S/C80H53N5/c1-80(2)67-46-59(48-18-7-4-8-19-48)44-56-36-37-57-45-60(47-68(80)72(57)71(56)67)78-83-76(51-22-11-6-12-23-51)82-77(84-78)58-27-16-25-54(43-58)53-24-15-26-55(42-53)63-40-39-62(49-20-9-5-10-21-49)74-65-29-17-28-64-61(38-41-66(73(64)65)75(63)74)50-32-34-52(35-33-50)79-81-69-30-13-14-31-70(69)85(79)3/h4-47H,1-3H3. The maximum absolute atomic E-state index is 5.38. The second-order valence-electron chi connectivity index (χ2n) is 23.4. The summed E-state index contributed by atoms with van der Waals surface area (Å²) >= 11 is 0. The predicted octanol–water partition coefficient (Wildman–Crippen LogP) is 20.5. The fraction of sp³-hybridized carbons (Fsp3) is 0.0500. The highest BCUT2D eigenvalue weighted by Gasteiger charge is 2.36. The molecule has 0 spiro atoms. The van der Waals surface area contributed by atoms with Crippen LogP contribution in [-0.4, -0.2) is 24.5 Å². The Morgan fingerprint density at radius 1 is 0.294 bits per heavy atom. The van der Waals surface area contributed by atoms with Crippen LogP contribution in [0.15, 0.2) is 267 Å². The first kappa shape index (κ1) is 48.8. The van der Waals surface area contributed by atoms with Crippen molar-refractivity contribution in [3.63, 3.8) is 0 Å². The lowest BCUT2D eigenvalue weighted by Gasteiger charge is -2.23. The number of aromatic nitrogens is 5. The molecule has 13 aromatic carbocycles. The van der Waals surface area contributed by atoms with Crippen LogP contribution in [0.5, 0.6) is 0 Å². The molecule has 85 heavy (non-hydrogen) atoms. The number of fused-ring (bicyclic) bond motifs is 4. The summed E-state index contributed by atoms with van der Waals surface area (Å²) in [6.45, 7) is 4.72. The molecule has 5 heteroatoms. The van der Waals surface area contributed by atoms with Crippen LogP contribution in [0.1, 0.15) is 25.0 Å². The number of hydrogen-bond acceptors (Lipinski definition) is 4. The molecule has 0 saturated carbocycles. The van der Waals surface area contributed by atoms with E-state index in [4.69, 9.17) is 19.9 Å². The van der Waals surface area contributed by atoms with Gasteiger partial charge in [0, 0.05) is 34.7 Å². The number of para-hydroxylation sites is 2. The molecule has 0 bridgehead atoms. The number of hydrogen-bond donors (Lipinski definition) is 0. The highest BCUT2D eigenvalue weighted by Crippen LogP contribution is 2.56. The van der Waals surface area contributed by atoms with Crippen LogP contribution in [0.2, 0.25) is 0 Å². The molecule has 17 rings (SSSR count). The van der Waals surface area contributed by atoms with Gasteiger partial charge in [0.15, 0.2) is 17.5 Å². The maximum Gasteiger partial charge on any atom is 0.164 e. The van der Waals surface area contributed by atoms with Crippen molar-refractivity contribution in [2.45, 2.75) is 19.3 Å². The van der Waals surface area contributed by atoms with E-state index < -0.39 is 0 Å². The van der Waals surface area contributed by atoms with Crippen LogP contribution < -0.4 is 0 Å². The highest BCUT2D eigenvalue weighted by atomic mass is 15.1. The summed E-state index contributed by atoms with van der Waals surface area (Å²) in [6.07, 6.45) is 0. The maximum atomic E-state index is 5.38. The summed E-state index contributed by atoms with van der Waals surface area (Å²) in [5, 5.41) is 7.62. The Morgan fingerprint density at radius 2 is 0.765 bits per heavy atom. The molecule has 2 aromatic heterocycles. The Morgan fingerprint density at radius 3 is 1.45 bits per heavy atom. The van der Waals surface area contributed by atoms with E-state index in [-0.39, 0.29) is 5.41 Å². The third-order valence-electron chi connectivity index (χ3n) is 18.1. The summed E-state index contributed by atoms with van der Waals surface area (Å²) in [6, 6.07) is 96.9. The molecule has 0 unspecified atom stereocenters. The molecule has 0 amide bonds. The molecule has 15 aromatic rings. The molecule has 2 heterocycles. The quantitative estimate of drug-likeness (QED) is 0.135. The first-order valence-corrected chi connectivity index (χ1v) is 29.2. The van der Waals surface area contributed by atoms with Gasteiger partial charge < -0.3 is 4.57 Å². The molecule has 2 aliphatic carbocycles. The average Bonchev–Trinajstić information content (AvgIpc) is 1.64. The van der Waals surface area contributed by atoms with Gasteiger partial charge in [-0.3, -0.25) is 0 Å². The van der Waals surface area contributed by atoms with Crippen molar-refractivity contribution in [3.8, 4) is 123 Å². The van der Waals surface area contributed by atoms with Crippen molar-refractivity contribution in [1.29, 1.82) is 0 Å². The van der Waals surface area contributed by atoms with Gasteiger partial charge in [-0.05, 0) is 170 Å². The third-order valence-corrected chi connectivity index (χ3v) is 18.1. The zero-order chi connectivity index (χ0) is 56.5. The largest absolute Gasteiger partial charge is 0.327 e. The highest BCUT2D eigenvalue weighted by molar-refractivity contribution is 6.23. The minimum absolute atomic E-state index is 0.251. The van der Waals surface area contributed by atoms with Crippen molar-refractivity contribution in [2.75, 3.05) is 0 Å². The van der Waals surface area contributed by atoms with Gasteiger partial charge in [-0.15, -0.1) is 0 Å². The minimum Gasteiger partial charge on any atom is -0.327 e. The first-order valence-electron chi connectivity index (χ1n) is 29.2. The fourth-order valence-electron chi connectivity index (χ4n) is 14.0. The molecule has 0 atom stereocenters. The minimum atomic E-state index is -0.251. The van der Waals surface area contributed by atoms with E-state index in [0.717, 1.165) is 55.8 Å². The molecule has 0 N–H and O–H groups in total. The molecule has 0 saturated heterocycles. The normalized spacial score (nSPS) is 12.7. The second kappa shape index (κ2) is 18.8. The van der Waals surface area contributed by atoms with E-state index in [2.05, 4.69) is 268 Å². The van der Waals surface area contributed by atoms with Crippen LogP contribution >= 0.6 is 0 Å². The lowest BCUT2D eigenvalue weighted by Crippen LogP contribution is -2.15. The van der Waals surface area contributed by atoms with Gasteiger partial charge in [-0.2, -0.15) is 0 Å². The van der Waals surface area contributed by atoms with E-state index in [1.165, 1.54) is 105 Å². The average molecular weight is 1080 g/mol. The van der Waals surface area contributed by atoms with Crippen LogP contribution in [-0.2, 0) is 12.5 Å². The van der Waals surface area contributed by atoms with Crippen molar-refractivity contribution < 1.29 is 0 Å². The van der Waals surface area contributed by atoms with Gasteiger partial charge >= 0.3 is 0 Å². The molecule has 5 nitrogen and oxygen atoms in total. The first-order chi connectivity index (χ1) is 41.8. The van der Waals surface area contributed by atoms with Crippen LogP contribution in [0.4, 0.5) is 0 Å². The zero-order valence-corrected chi connectivity index (χ0v) is 47.1. The smallest absolute Gasteiger partial charge is 0.164 e. The molecular formula is C80H53N5. The van der Waals surface area contributed by atoms with Gasteiger partial charge in [0.1, 0.15) is 5.82 Å². The third kappa shape index (κ3) is 7.70. The molecule has 2 aliphatic rings. The van der Waals surface area contributed by atoms with Crippen LogP contribution in [0.25, 0.3) is 167 Å². The van der Waals surface area contributed by atoms with E-state index >= 15 is 0 Å². The van der Waals surface area contributed by atoms with Crippen molar-refractivity contribution in [3.05, 3.63) is 278 Å². The Balaban J connectivity index is 0.757. The second-order valence-corrected chi connectivity index (χ2v) is 23.4. The van der Waals surface area contributed by atoms with Crippen LogP contribution in [0.3, 0.4) is 0 Å². The van der Waals surface area contributed by atoms with E-state index in [1.54, 1.807) is 0 Å². The van der Waals surface area contributed by atoms with Crippen molar-refractivity contribution >= 4 is 43.4 Å². The van der Waals surface area contributed by atoms with E-state index in [9.17, 15) is 0 Å². The van der Waals surface area contributed by atoms with Crippen LogP contribution in [0, 0.1) is 0 Å². The number of imidazole rings is 1. The zero-order valence-electron chi connectivity index (χ0n) is 47.1. The number of nitrogens with zero attached hydrogens (tertiary/aromatic N) is 5. The Bertz CT molecular complexity index is 5250. The Kier molecular flexibility index (Phi) is 10.8. The summed E-state index contributed by atoms with van der Waals surface area (Å²) in [5.74, 6) is 2.87.